The van der Waals surface area contributed by atoms with E-state index in [0.29, 0.717) is 28.9 Å². The molecule has 1 saturated heterocycles. The molecule has 1 atom stereocenters. The van der Waals surface area contributed by atoms with Gasteiger partial charge in [0, 0.05) is 30.1 Å². The Balaban J connectivity index is 1.56. The van der Waals surface area contributed by atoms with Gasteiger partial charge in [-0.2, -0.15) is 0 Å². The van der Waals surface area contributed by atoms with Gasteiger partial charge >= 0.3 is 6.01 Å². The maximum atomic E-state index is 12.9. The second kappa shape index (κ2) is 9.76. The normalized spacial score (nSPS) is 15.4. The van der Waals surface area contributed by atoms with Crippen LogP contribution in [-0.4, -0.2) is 29.2 Å². The lowest BCUT2D eigenvalue weighted by Gasteiger charge is -2.18. The number of anilines is 1. The van der Waals surface area contributed by atoms with E-state index in [2.05, 4.69) is 20.4 Å². The number of halogens is 1. The van der Waals surface area contributed by atoms with E-state index in [4.69, 9.17) is 16.0 Å². The number of hydrogen-bond donors (Lipinski definition) is 1. The van der Waals surface area contributed by atoms with Crippen LogP contribution in [-0.2, 0) is 6.42 Å². The minimum Gasteiger partial charge on any atom is -0.406 e. The quantitative estimate of drug-likeness (QED) is 0.614. The minimum atomic E-state index is -0.438. The molecule has 1 aromatic heterocycles. The molecule has 0 radical (unpaired) electrons. The van der Waals surface area contributed by atoms with Crippen molar-refractivity contribution >= 4 is 23.5 Å². The summed E-state index contributed by atoms with van der Waals surface area (Å²) in [6.45, 7) is 1.83. The predicted molar refractivity (Wildman–Crippen MR) is 117 cm³/mol. The number of hydrogen-bond acceptors (Lipinski definition) is 5. The largest absolute Gasteiger partial charge is 0.406 e. The van der Waals surface area contributed by atoms with Crippen LogP contribution in [0.2, 0.25) is 5.02 Å². The Morgan fingerprint density at radius 2 is 1.80 bits per heavy atom. The third kappa shape index (κ3) is 5.19. The molecule has 0 bridgehead atoms. The number of benzene rings is 2. The first-order valence-electron chi connectivity index (χ1n) is 10.4. The minimum absolute atomic E-state index is 0.229. The van der Waals surface area contributed by atoms with Crippen molar-refractivity contribution in [2.24, 2.45) is 0 Å². The summed E-state index contributed by atoms with van der Waals surface area (Å²) in [4.78, 5) is 15.0. The molecule has 1 aliphatic rings. The average molecular weight is 425 g/mol. The highest BCUT2D eigenvalue weighted by atomic mass is 35.5. The molecule has 3 aromatic rings. The van der Waals surface area contributed by atoms with Crippen molar-refractivity contribution in [2.75, 3.05) is 18.0 Å². The summed E-state index contributed by atoms with van der Waals surface area (Å²) in [5.41, 5.74) is 1.57. The van der Waals surface area contributed by atoms with Crippen molar-refractivity contribution in [2.45, 2.75) is 38.1 Å². The van der Waals surface area contributed by atoms with Gasteiger partial charge in [-0.05, 0) is 36.6 Å². The van der Waals surface area contributed by atoms with Gasteiger partial charge in [-0.15, -0.1) is 5.10 Å². The van der Waals surface area contributed by atoms with E-state index in [1.165, 1.54) is 12.8 Å². The zero-order chi connectivity index (χ0) is 20.8. The Bertz CT molecular complexity index is 968. The monoisotopic (exact) mass is 424 g/mol. The number of rotatable bonds is 6. The first kappa shape index (κ1) is 20.4. The lowest BCUT2D eigenvalue weighted by atomic mass is 10.1. The van der Waals surface area contributed by atoms with Crippen molar-refractivity contribution in [1.29, 1.82) is 0 Å². The van der Waals surface area contributed by atoms with Crippen LogP contribution in [0.1, 0.15) is 53.5 Å². The average Bonchev–Trinajstić information content (AvgIpc) is 3.09. The first-order chi connectivity index (χ1) is 14.7. The van der Waals surface area contributed by atoms with Gasteiger partial charge in [-0.25, -0.2) is 0 Å². The summed E-state index contributed by atoms with van der Waals surface area (Å²) in [6.07, 6.45) is 5.25. The molecule has 1 fully saturated rings. The summed E-state index contributed by atoms with van der Waals surface area (Å²) in [6, 6.07) is 16.9. The van der Waals surface area contributed by atoms with Gasteiger partial charge in [0.05, 0.1) is 0 Å². The van der Waals surface area contributed by atoms with Crippen LogP contribution in [0.4, 0.5) is 6.01 Å². The fraction of sp³-hybridized carbons (Fsp3) is 0.348. The van der Waals surface area contributed by atoms with Gasteiger partial charge in [-0.3, -0.25) is 4.79 Å². The summed E-state index contributed by atoms with van der Waals surface area (Å²) < 4.78 is 6.04. The molecule has 1 N–H and O–H groups in total. The number of aromatic nitrogens is 2. The Hall–Kier alpha value is -2.86. The fourth-order valence-electron chi connectivity index (χ4n) is 3.68. The van der Waals surface area contributed by atoms with Crippen LogP contribution in [0.5, 0.6) is 0 Å². The van der Waals surface area contributed by atoms with Gasteiger partial charge in [0.25, 0.3) is 5.91 Å². The van der Waals surface area contributed by atoms with Crippen molar-refractivity contribution < 1.29 is 9.21 Å². The Morgan fingerprint density at radius 3 is 2.53 bits per heavy atom. The Morgan fingerprint density at radius 1 is 1.03 bits per heavy atom. The molecular formula is C23H25ClN4O2. The Labute approximate surface area is 181 Å². The molecule has 7 heteroatoms. The standard InChI is InChI=1S/C23H25ClN4O2/c24-19-12-8-11-18(16-19)21(29)25-20(15-17-9-4-3-5-10-17)22-26-27-23(30-22)28-13-6-1-2-7-14-28/h3-5,8-12,16,20H,1-2,6-7,13-15H2,(H,25,29)/t20-/m0/s1. The van der Waals surface area contributed by atoms with Crippen molar-refractivity contribution in [3.05, 3.63) is 76.6 Å². The Kier molecular flexibility index (Phi) is 6.64. The topological polar surface area (TPSA) is 71.3 Å². The first-order valence-corrected chi connectivity index (χ1v) is 10.8. The summed E-state index contributed by atoms with van der Waals surface area (Å²) >= 11 is 6.05. The van der Waals surface area contributed by atoms with Gasteiger partial charge in [0.2, 0.25) is 5.89 Å². The SMILES string of the molecule is O=C(N[C@@H](Cc1ccccc1)c1nnc(N2CCCCCC2)o1)c1cccc(Cl)c1. The van der Waals surface area contributed by atoms with E-state index in [1.807, 2.05) is 30.3 Å². The van der Waals surface area contributed by atoms with Crippen molar-refractivity contribution in [1.82, 2.24) is 15.5 Å². The number of carbonyl (C=O) groups excluding carboxylic acids is 1. The molecule has 156 valence electrons. The van der Waals surface area contributed by atoms with Crippen molar-refractivity contribution in [3.63, 3.8) is 0 Å². The summed E-state index contributed by atoms with van der Waals surface area (Å²) in [7, 11) is 0. The fourth-order valence-corrected chi connectivity index (χ4v) is 3.87. The van der Waals surface area contributed by atoms with Crippen LogP contribution < -0.4 is 10.2 Å². The van der Waals surface area contributed by atoms with Gasteiger partial charge in [0.1, 0.15) is 6.04 Å². The third-order valence-electron chi connectivity index (χ3n) is 5.28. The lowest BCUT2D eigenvalue weighted by Crippen LogP contribution is -2.30. The second-order valence-corrected chi connectivity index (χ2v) is 7.99. The van der Waals surface area contributed by atoms with E-state index in [-0.39, 0.29) is 5.91 Å². The number of amides is 1. The third-order valence-corrected chi connectivity index (χ3v) is 5.51. The molecule has 2 aromatic carbocycles. The van der Waals surface area contributed by atoms with Crippen LogP contribution in [0.25, 0.3) is 0 Å². The summed E-state index contributed by atoms with van der Waals surface area (Å²) in [5.74, 6) is 0.182. The number of nitrogens with one attached hydrogen (secondary N) is 1. The molecule has 0 spiro atoms. The van der Waals surface area contributed by atoms with E-state index in [9.17, 15) is 4.79 Å². The van der Waals surface area contributed by atoms with E-state index in [1.54, 1.807) is 24.3 Å². The van der Waals surface area contributed by atoms with E-state index < -0.39 is 6.04 Å². The van der Waals surface area contributed by atoms with Gasteiger partial charge < -0.3 is 14.6 Å². The van der Waals surface area contributed by atoms with Gasteiger partial charge in [-0.1, -0.05) is 65.9 Å². The molecule has 1 amide bonds. The lowest BCUT2D eigenvalue weighted by molar-refractivity contribution is 0.0930. The predicted octanol–water partition coefficient (Wildman–Crippen LogP) is 4.82. The molecule has 0 saturated carbocycles. The molecule has 2 heterocycles. The molecule has 30 heavy (non-hydrogen) atoms. The zero-order valence-electron chi connectivity index (χ0n) is 16.8. The molecule has 6 nitrogen and oxygen atoms in total. The molecule has 0 aliphatic carbocycles. The van der Waals surface area contributed by atoms with Crippen LogP contribution in [0.15, 0.2) is 59.0 Å². The maximum Gasteiger partial charge on any atom is 0.318 e. The smallest absolute Gasteiger partial charge is 0.318 e. The van der Waals surface area contributed by atoms with Crippen LogP contribution in [0.3, 0.4) is 0 Å². The molecular weight excluding hydrogens is 400 g/mol. The summed E-state index contributed by atoms with van der Waals surface area (Å²) in [5, 5.41) is 12.1. The number of carbonyl (C=O) groups is 1. The second-order valence-electron chi connectivity index (χ2n) is 7.55. The van der Waals surface area contributed by atoms with E-state index in [0.717, 1.165) is 31.5 Å². The van der Waals surface area contributed by atoms with Gasteiger partial charge in [0.15, 0.2) is 0 Å². The van der Waals surface area contributed by atoms with Crippen molar-refractivity contribution in [3.8, 4) is 0 Å². The zero-order valence-corrected chi connectivity index (χ0v) is 17.5. The highest BCUT2D eigenvalue weighted by molar-refractivity contribution is 6.30. The molecule has 4 rings (SSSR count). The van der Waals surface area contributed by atoms with Crippen LogP contribution >= 0.6 is 11.6 Å². The highest BCUT2D eigenvalue weighted by Crippen LogP contribution is 2.24. The maximum absolute atomic E-state index is 12.9. The molecule has 0 unspecified atom stereocenters. The highest BCUT2D eigenvalue weighted by Gasteiger charge is 2.24. The van der Waals surface area contributed by atoms with Crippen LogP contribution in [0, 0.1) is 0 Å². The molecule has 1 aliphatic heterocycles. The van der Waals surface area contributed by atoms with E-state index >= 15 is 0 Å². The number of nitrogens with zero attached hydrogens (tertiary/aromatic N) is 3.